The van der Waals surface area contributed by atoms with Crippen molar-refractivity contribution in [3.63, 3.8) is 0 Å². The molecule has 1 heterocycles. The minimum atomic E-state index is -0.950. The first kappa shape index (κ1) is 18.2. The van der Waals surface area contributed by atoms with Crippen LogP contribution < -0.4 is 10.6 Å². The second-order valence-corrected chi connectivity index (χ2v) is 6.46. The summed E-state index contributed by atoms with van der Waals surface area (Å²) in [7, 11) is 0. The molecular weight excluding hydrogens is 314 g/mol. The van der Waals surface area contributed by atoms with E-state index in [4.69, 9.17) is 4.74 Å². The predicted octanol–water partition coefficient (Wildman–Crippen LogP) is 0.555. The van der Waals surface area contributed by atoms with Crippen molar-refractivity contribution in [2.24, 2.45) is 5.92 Å². The van der Waals surface area contributed by atoms with Gasteiger partial charge in [-0.25, -0.2) is 4.79 Å². The van der Waals surface area contributed by atoms with Gasteiger partial charge in [-0.05, 0) is 38.5 Å². The molecule has 1 aliphatic heterocycles. The maximum absolute atomic E-state index is 12.4. The fraction of sp³-hybridized carbons (Fsp3) is 0.750. The average Bonchev–Trinajstić information content (AvgIpc) is 3.36. The van der Waals surface area contributed by atoms with Gasteiger partial charge >= 0.3 is 12.0 Å². The lowest BCUT2D eigenvalue weighted by molar-refractivity contribution is -0.151. The molecule has 24 heavy (non-hydrogen) atoms. The largest absolute Gasteiger partial charge is 0.454 e. The van der Waals surface area contributed by atoms with Crippen LogP contribution in [0.15, 0.2) is 0 Å². The van der Waals surface area contributed by atoms with E-state index in [9.17, 15) is 19.2 Å². The second-order valence-electron chi connectivity index (χ2n) is 6.46. The van der Waals surface area contributed by atoms with Crippen LogP contribution in [0.4, 0.5) is 4.79 Å². The summed E-state index contributed by atoms with van der Waals surface area (Å²) in [5, 5.41) is 5.40. The molecule has 2 N–H and O–H groups in total. The van der Waals surface area contributed by atoms with Gasteiger partial charge in [-0.3, -0.25) is 19.3 Å². The molecule has 4 amide bonds. The Morgan fingerprint density at radius 1 is 1.33 bits per heavy atom. The molecule has 1 saturated carbocycles. The second kappa shape index (κ2) is 7.19. The van der Waals surface area contributed by atoms with Gasteiger partial charge in [0.25, 0.3) is 11.8 Å². The highest BCUT2D eigenvalue weighted by molar-refractivity contribution is 6.08. The molecule has 0 unspecified atom stereocenters. The molecular formula is C16H25N3O5. The molecule has 2 rings (SSSR count). The van der Waals surface area contributed by atoms with Crippen LogP contribution in [0.1, 0.15) is 46.5 Å². The van der Waals surface area contributed by atoms with E-state index in [1.807, 2.05) is 6.92 Å². The molecule has 0 aromatic heterocycles. The van der Waals surface area contributed by atoms with Crippen molar-refractivity contribution in [3.05, 3.63) is 0 Å². The number of carbonyl (C=O) groups excluding carboxylic acids is 4. The number of rotatable bonds is 8. The van der Waals surface area contributed by atoms with Crippen molar-refractivity contribution in [2.75, 3.05) is 13.2 Å². The number of imide groups is 1. The standard InChI is InChI=1S/C16H25N3O5/c1-4-16(5-2)14(22)19(15(23)18-16)8-13(21)24-9-12(20)17-10(3)11-6-7-11/h10-11H,4-9H2,1-3H3,(H,17,20)(H,18,23)/t10-/m1/s1. The fourth-order valence-electron chi connectivity index (χ4n) is 2.88. The highest BCUT2D eigenvalue weighted by Gasteiger charge is 2.49. The lowest BCUT2D eigenvalue weighted by atomic mass is 9.93. The average molecular weight is 339 g/mol. The smallest absolute Gasteiger partial charge is 0.326 e. The molecule has 0 aromatic carbocycles. The molecule has 1 aliphatic carbocycles. The minimum absolute atomic E-state index is 0.0665. The summed E-state index contributed by atoms with van der Waals surface area (Å²) in [6.45, 7) is 4.62. The fourth-order valence-corrected chi connectivity index (χ4v) is 2.88. The number of hydrogen-bond donors (Lipinski definition) is 2. The van der Waals surface area contributed by atoms with E-state index in [2.05, 4.69) is 10.6 Å². The summed E-state index contributed by atoms with van der Waals surface area (Å²) in [6, 6.07) is -0.538. The summed E-state index contributed by atoms with van der Waals surface area (Å²) >= 11 is 0. The molecule has 8 nitrogen and oxygen atoms in total. The van der Waals surface area contributed by atoms with Crippen molar-refractivity contribution in [3.8, 4) is 0 Å². The van der Waals surface area contributed by atoms with Crippen LogP contribution in [-0.4, -0.2) is 53.4 Å². The Hall–Kier alpha value is -2.12. The Morgan fingerprint density at radius 3 is 2.46 bits per heavy atom. The first-order chi connectivity index (χ1) is 11.3. The van der Waals surface area contributed by atoms with E-state index < -0.39 is 36.6 Å². The SMILES string of the molecule is CCC1(CC)NC(=O)N(CC(=O)OCC(=O)N[C@H](C)C2CC2)C1=O. The quantitative estimate of drug-likeness (QED) is 0.496. The summed E-state index contributed by atoms with van der Waals surface area (Å²) in [5.74, 6) is -1.08. The van der Waals surface area contributed by atoms with Gasteiger partial charge < -0.3 is 15.4 Å². The normalized spacial score (nSPS) is 20.5. The number of ether oxygens (including phenoxy) is 1. The molecule has 1 saturated heterocycles. The predicted molar refractivity (Wildman–Crippen MR) is 84.8 cm³/mol. The third-order valence-electron chi connectivity index (χ3n) is 4.82. The number of carbonyl (C=O) groups is 4. The van der Waals surface area contributed by atoms with E-state index in [1.54, 1.807) is 13.8 Å². The zero-order valence-electron chi connectivity index (χ0n) is 14.4. The van der Waals surface area contributed by atoms with Crippen LogP contribution in [0.25, 0.3) is 0 Å². The van der Waals surface area contributed by atoms with Crippen LogP contribution in [-0.2, 0) is 19.1 Å². The van der Waals surface area contributed by atoms with E-state index in [-0.39, 0.29) is 11.9 Å². The molecule has 2 fully saturated rings. The molecule has 0 spiro atoms. The van der Waals surface area contributed by atoms with Crippen molar-refractivity contribution in [1.82, 2.24) is 15.5 Å². The minimum Gasteiger partial charge on any atom is -0.454 e. The van der Waals surface area contributed by atoms with Gasteiger partial charge in [0.15, 0.2) is 6.61 Å². The van der Waals surface area contributed by atoms with E-state index in [1.165, 1.54) is 0 Å². The molecule has 134 valence electrons. The lowest BCUT2D eigenvalue weighted by Crippen LogP contribution is -2.46. The molecule has 2 aliphatic rings. The van der Waals surface area contributed by atoms with E-state index in [0.29, 0.717) is 18.8 Å². The van der Waals surface area contributed by atoms with Crippen LogP contribution in [0.2, 0.25) is 0 Å². The van der Waals surface area contributed by atoms with Crippen molar-refractivity contribution in [2.45, 2.75) is 58.0 Å². The van der Waals surface area contributed by atoms with Gasteiger partial charge in [-0.15, -0.1) is 0 Å². The highest BCUT2D eigenvalue weighted by Crippen LogP contribution is 2.32. The Morgan fingerprint density at radius 2 is 1.96 bits per heavy atom. The molecule has 0 bridgehead atoms. The first-order valence-corrected chi connectivity index (χ1v) is 8.42. The van der Waals surface area contributed by atoms with E-state index >= 15 is 0 Å². The summed E-state index contributed by atoms with van der Waals surface area (Å²) in [5.41, 5.74) is -0.950. The van der Waals surface area contributed by atoms with Gasteiger partial charge in [0.1, 0.15) is 12.1 Å². The maximum Gasteiger partial charge on any atom is 0.326 e. The third-order valence-corrected chi connectivity index (χ3v) is 4.82. The zero-order valence-corrected chi connectivity index (χ0v) is 14.4. The van der Waals surface area contributed by atoms with Crippen molar-refractivity contribution >= 4 is 23.8 Å². The molecule has 8 heteroatoms. The Labute approximate surface area is 141 Å². The van der Waals surface area contributed by atoms with Crippen LogP contribution in [0.3, 0.4) is 0 Å². The van der Waals surface area contributed by atoms with Gasteiger partial charge in [-0.1, -0.05) is 13.8 Å². The molecule has 0 radical (unpaired) electrons. The Balaban J connectivity index is 1.80. The van der Waals surface area contributed by atoms with Gasteiger partial charge in [0, 0.05) is 6.04 Å². The van der Waals surface area contributed by atoms with Crippen LogP contribution >= 0.6 is 0 Å². The molecule has 1 atom stereocenters. The lowest BCUT2D eigenvalue weighted by Gasteiger charge is -2.22. The van der Waals surface area contributed by atoms with Gasteiger partial charge in [0.05, 0.1) is 0 Å². The first-order valence-electron chi connectivity index (χ1n) is 8.42. The highest BCUT2D eigenvalue weighted by atomic mass is 16.5. The number of hydrogen-bond acceptors (Lipinski definition) is 5. The molecule has 0 aromatic rings. The Kier molecular flexibility index (Phi) is 5.46. The monoisotopic (exact) mass is 339 g/mol. The summed E-state index contributed by atoms with van der Waals surface area (Å²) in [6.07, 6.45) is 3.09. The topological polar surface area (TPSA) is 105 Å². The van der Waals surface area contributed by atoms with Gasteiger partial charge in [0.2, 0.25) is 0 Å². The Bertz CT molecular complexity index is 540. The number of amides is 4. The summed E-state index contributed by atoms with van der Waals surface area (Å²) < 4.78 is 4.87. The van der Waals surface area contributed by atoms with Crippen LogP contribution in [0, 0.1) is 5.92 Å². The van der Waals surface area contributed by atoms with Gasteiger partial charge in [-0.2, -0.15) is 0 Å². The van der Waals surface area contributed by atoms with Crippen molar-refractivity contribution in [1.29, 1.82) is 0 Å². The van der Waals surface area contributed by atoms with Crippen LogP contribution in [0.5, 0.6) is 0 Å². The number of nitrogens with one attached hydrogen (secondary N) is 2. The number of nitrogens with zero attached hydrogens (tertiary/aromatic N) is 1. The summed E-state index contributed by atoms with van der Waals surface area (Å²) in [4.78, 5) is 48.7. The van der Waals surface area contributed by atoms with E-state index in [0.717, 1.165) is 17.7 Å². The zero-order chi connectivity index (χ0) is 17.9. The third kappa shape index (κ3) is 3.85. The maximum atomic E-state index is 12.4. The van der Waals surface area contributed by atoms with Crippen molar-refractivity contribution < 1.29 is 23.9 Å². The number of esters is 1. The number of urea groups is 1.